The normalized spacial score (nSPS) is 12.6. The molecule has 8 heteroatoms. The number of rotatable bonds is 12. The Morgan fingerprint density at radius 2 is 2.08 bits per heavy atom. The van der Waals surface area contributed by atoms with Gasteiger partial charge in [-0.3, -0.25) is 10.1 Å². The number of hydrogen-bond donors (Lipinski definition) is 2. The summed E-state index contributed by atoms with van der Waals surface area (Å²) in [5.41, 5.74) is 0.619. The Balaban J connectivity index is 2.49. The van der Waals surface area contributed by atoms with Crippen molar-refractivity contribution in [2.75, 3.05) is 45.6 Å². The average Bonchev–Trinajstić information content (AvgIpc) is 2.50. The Bertz CT molecular complexity index is 537. The topological polar surface area (TPSA) is 92.6 Å². The Labute approximate surface area is 150 Å². The molecule has 0 radical (unpaired) electrons. The minimum absolute atomic E-state index is 0.00310. The van der Waals surface area contributed by atoms with Crippen LogP contribution >= 0.6 is 0 Å². The third-order valence-corrected chi connectivity index (χ3v) is 3.59. The molecular weight excluding hydrogens is 322 g/mol. The molecule has 142 valence electrons. The van der Waals surface area contributed by atoms with E-state index in [1.54, 1.807) is 13.0 Å². The Kier molecular flexibility index (Phi) is 9.33. The second-order valence-electron chi connectivity index (χ2n) is 6.66. The van der Waals surface area contributed by atoms with Gasteiger partial charge in [-0.25, -0.2) is 4.98 Å². The number of nitrogens with one attached hydrogen (secondary N) is 2. The molecule has 0 saturated carbocycles. The van der Waals surface area contributed by atoms with E-state index in [4.69, 9.17) is 4.74 Å². The van der Waals surface area contributed by atoms with Crippen molar-refractivity contribution in [3.63, 3.8) is 0 Å². The second-order valence-corrected chi connectivity index (χ2v) is 6.66. The van der Waals surface area contributed by atoms with Crippen molar-refractivity contribution in [3.8, 4) is 0 Å². The molecule has 1 rings (SSSR count). The molecule has 1 aromatic rings. The lowest BCUT2D eigenvalue weighted by atomic mass is 10.2. The van der Waals surface area contributed by atoms with Gasteiger partial charge < -0.3 is 20.3 Å². The first-order chi connectivity index (χ1) is 11.8. The Morgan fingerprint density at radius 1 is 1.36 bits per heavy atom. The van der Waals surface area contributed by atoms with Crippen LogP contribution in [0.3, 0.4) is 0 Å². The van der Waals surface area contributed by atoms with Gasteiger partial charge in [-0.05, 0) is 60.4 Å². The van der Waals surface area contributed by atoms with Gasteiger partial charge in [0.1, 0.15) is 12.0 Å². The maximum absolute atomic E-state index is 10.8. The molecule has 0 aromatic carbocycles. The Hall–Kier alpha value is -1.77. The molecule has 0 bridgehead atoms. The SMILES string of the molecule is Cc1cc(NCC(CNCCCN(C)C)OC(C)C)ncc1[N+](=O)[O-]. The van der Waals surface area contributed by atoms with E-state index in [0.29, 0.717) is 17.9 Å². The van der Waals surface area contributed by atoms with Crippen LogP contribution in [-0.2, 0) is 4.74 Å². The van der Waals surface area contributed by atoms with Crippen LogP contribution in [-0.4, -0.2) is 67.3 Å². The number of aryl methyl sites for hydroxylation is 1. The number of aromatic nitrogens is 1. The molecule has 0 aliphatic rings. The van der Waals surface area contributed by atoms with E-state index < -0.39 is 4.92 Å². The maximum Gasteiger partial charge on any atom is 0.290 e. The number of nitro groups is 1. The van der Waals surface area contributed by atoms with Crippen molar-refractivity contribution in [3.05, 3.63) is 27.9 Å². The summed E-state index contributed by atoms with van der Waals surface area (Å²) in [6.07, 6.45) is 2.49. The van der Waals surface area contributed by atoms with Crippen molar-refractivity contribution >= 4 is 11.5 Å². The number of pyridine rings is 1. The third-order valence-electron chi connectivity index (χ3n) is 3.59. The second kappa shape index (κ2) is 11.0. The van der Waals surface area contributed by atoms with Crippen molar-refractivity contribution in [1.29, 1.82) is 0 Å². The summed E-state index contributed by atoms with van der Waals surface area (Å²) in [4.78, 5) is 16.7. The van der Waals surface area contributed by atoms with Crippen LogP contribution in [0.25, 0.3) is 0 Å². The smallest absolute Gasteiger partial charge is 0.290 e. The number of ether oxygens (including phenoxy) is 1. The summed E-state index contributed by atoms with van der Waals surface area (Å²) in [5, 5.41) is 17.5. The van der Waals surface area contributed by atoms with Crippen molar-refractivity contribution in [2.45, 2.75) is 39.4 Å². The molecule has 0 spiro atoms. The fraction of sp³-hybridized carbons (Fsp3) is 0.706. The molecule has 8 nitrogen and oxygen atoms in total. The molecule has 1 heterocycles. The van der Waals surface area contributed by atoms with Gasteiger partial charge in [0.05, 0.1) is 17.1 Å². The van der Waals surface area contributed by atoms with Gasteiger partial charge in [0.15, 0.2) is 0 Å². The number of hydrogen-bond acceptors (Lipinski definition) is 7. The summed E-state index contributed by atoms with van der Waals surface area (Å²) in [6, 6.07) is 1.69. The zero-order chi connectivity index (χ0) is 18.8. The average molecular weight is 353 g/mol. The predicted octanol–water partition coefficient (Wildman–Crippen LogP) is 2.05. The fourth-order valence-electron chi connectivity index (χ4n) is 2.39. The summed E-state index contributed by atoms with van der Waals surface area (Å²) >= 11 is 0. The van der Waals surface area contributed by atoms with Crippen LogP contribution < -0.4 is 10.6 Å². The van der Waals surface area contributed by atoms with E-state index in [0.717, 1.165) is 26.1 Å². The van der Waals surface area contributed by atoms with Gasteiger partial charge in [-0.15, -0.1) is 0 Å². The third kappa shape index (κ3) is 8.76. The summed E-state index contributed by atoms with van der Waals surface area (Å²) in [5.74, 6) is 0.619. The van der Waals surface area contributed by atoms with Gasteiger partial charge in [0.2, 0.25) is 0 Å². The minimum Gasteiger partial charge on any atom is -0.372 e. The standard InChI is InChI=1S/C17H31N5O3/c1-13(2)25-15(10-18-7-6-8-21(4)5)11-19-17-9-14(3)16(12-20-17)22(23)24/h9,12-13,15,18H,6-8,10-11H2,1-5H3,(H,19,20). The van der Waals surface area contributed by atoms with Gasteiger partial charge >= 0.3 is 0 Å². The number of anilines is 1. The molecule has 0 saturated heterocycles. The first kappa shape index (κ1) is 21.3. The molecule has 0 fully saturated rings. The monoisotopic (exact) mass is 353 g/mol. The molecule has 2 N–H and O–H groups in total. The van der Waals surface area contributed by atoms with E-state index in [9.17, 15) is 10.1 Å². The lowest BCUT2D eigenvalue weighted by molar-refractivity contribution is -0.385. The maximum atomic E-state index is 10.8. The Morgan fingerprint density at radius 3 is 2.64 bits per heavy atom. The van der Waals surface area contributed by atoms with Gasteiger partial charge in [0, 0.05) is 18.7 Å². The zero-order valence-corrected chi connectivity index (χ0v) is 15.9. The number of nitrogens with zero attached hydrogens (tertiary/aromatic N) is 3. The highest BCUT2D eigenvalue weighted by atomic mass is 16.6. The van der Waals surface area contributed by atoms with Gasteiger partial charge in [-0.1, -0.05) is 0 Å². The molecule has 1 unspecified atom stereocenters. The van der Waals surface area contributed by atoms with Crippen LogP contribution in [0.15, 0.2) is 12.3 Å². The first-order valence-corrected chi connectivity index (χ1v) is 8.65. The highest BCUT2D eigenvalue weighted by molar-refractivity contribution is 5.46. The minimum atomic E-state index is -0.422. The van der Waals surface area contributed by atoms with E-state index >= 15 is 0 Å². The largest absolute Gasteiger partial charge is 0.372 e. The summed E-state index contributed by atoms with van der Waals surface area (Å²) in [6.45, 7) is 9.03. The van der Waals surface area contributed by atoms with E-state index in [-0.39, 0.29) is 17.9 Å². The molecule has 1 aromatic heterocycles. The van der Waals surface area contributed by atoms with Gasteiger partial charge in [0.25, 0.3) is 5.69 Å². The molecular formula is C17H31N5O3. The molecule has 1 atom stereocenters. The lowest BCUT2D eigenvalue weighted by Crippen LogP contribution is -2.37. The van der Waals surface area contributed by atoms with Crippen LogP contribution in [0.2, 0.25) is 0 Å². The van der Waals surface area contributed by atoms with E-state index in [1.165, 1.54) is 6.20 Å². The highest BCUT2D eigenvalue weighted by Crippen LogP contribution is 2.18. The molecule has 25 heavy (non-hydrogen) atoms. The summed E-state index contributed by atoms with van der Waals surface area (Å²) in [7, 11) is 4.13. The van der Waals surface area contributed by atoms with Crippen LogP contribution in [0.5, 0.6) is 0 Å². The quantitative estimate of drug-likeness (QED) is 0.337. The van der Waals surface area contributed by atoms with Crippen molar-refractivity contribution in [1.82, 2.24) is 15.2 Å². The molecule has 0 amide bonds. The van der Waals surface area contributed by atoms with Crippen LogP contribution in [0.4, 0.5) is 11.5 Å². The fourth-order valence-corrected chi connectivity index (χ4v) is 2.39. The van der Waals surface area contributed by atoms with Crippen LogP contribution in [0, 0.1) is 17.0 Å². The van der Waals surface area contributed by atoms with Crippen molar-refractivity contribution in [2.24, 2.45) is 0 Å². The van der Waals surface area contributed by atoms with Gasteiger partial charge in [-0.2, -0.15) is 0 Å². The predicted molar refractivity (Wildman–Crippen MR) is 100 cm³/mol. The van der Waals surface area contributed by atoms with Crippen LogP contribution in [0.1, 0.15) is 25.8 Å². The van der Waals surface area contributed by atoms with E-state index in [2.05, 4.69) is 34.6 Å². The first-order valence-electron chi connectivity index (χ1n) is 8.65. The summed E-state index contributed by atoms with van der Waals surface area (Å²) < 4.78 is 5.92. The lowest BCUT2D eigenvalue weighted by Gasteiger charge is -2.22. The van der Waals surface area contributed by atoms with E-state index in [1.807, 2.05) is 13.8 Å². The molecule has 0 aliphatic heterocycles. The highest BCUT2D eigenvalue weighted by Gasteiger charge is 2.14. The zero-order valence-electron chi connectivity index (χ0n) is 15.9. The van der Waals surface area contributed by atoms with Crippen molar-refractivity contribution < 1.29 is 9.66 Å². The molecule has 0 aliphatic carbocycles.